The first-order valence-corrected chi connectivity index (χ1v) is 5.97. The van der Waals surface area contributed by atoms with E-state index >= 15 is 0 Å². The van der Waals surface area contributed by atoms with Crippen molar-refractivity contribution in [1.29, 1.82) is 0 Å². The molecule has 1 aromatic heterocycles. The molecule has 0 aliphatic rings. The number of hydrogen-bond acceptors (Lipinski definition) is 1. The van der Waals surface area contributed by atoms with Gasteiger partial charge in [0.1, 0.15) is 0 Å². The molecule has 0 amide bonds. The van der Waals surface area contributed by atoms with Crippen LogP contribution in [0.1, 0.15) is 5.69 Å². The fraction of sp³-hybridized carbons (Fsp3) is 0.100. The largest absolute Gasteiger partial charge is 0.281 e. The van der Waals surface area contributed by atoms with E-state index in [1.165, 1.54) is 0 Å². The third-order valence-corrected chi connectivity index (χ3v) is 3.08. The Balaban J connectivity index is 2.44. The number of nitrogens with zero attached hydrogens (tertiary/aromatic N) is 1. The predicted molar refractivity (Wildman–Crippen MR) is 66.3 cm³/mol. The Morgan fingerprint density at radius 2 is 2.13 bits per heavy atom. The van der Waals surface area contributed by atoms with Crippen molar-refractivity contribution < 1.29 is 0 Å². The summed E-state index contributed by atoms with van der Waals surface area (Å²) in [5.41, 5.74) is 2.58. The Kier molecular flexibility index (Phi) is 3.34. The first-order valence-electron chi connectivity index (χ1n) is 4.26. The van der Waals surface area contributed by atoms with Gasteiger partial charge in [-0.05, 0) is 18.2 Å². The molecule has 2 aromatic rings. The molecule has 0 fully saturated rings. The minimum atomic E-state index is 0.418. The van der Waals surface area contributed by atoms with E-state index in [1.54, 1.807) is 0 Å². The maximum absolute atomic E-state index is 6.10. The highest BCUT2D eigenvalue weighted by Crippen LogP contribution is 2.29. The number of alkyl halides is 1. The van der Waals surface area contributed by atoms with Gasteiger partial charge in [0.25, 0.3) is 0 Å². The van der Waals surface area contributed by atoms with Crippen LogP contribution in [-0.2, 0) is 5.88 Å². The Labute approximate surface area is 106 Å². The second-order valence-corrected chi connectivity index (χ2v) is 4.63. The van der Waals surface area contributed by atoms with Crippen LogP contribution in [0.4, 0.5) is 0 Å². The van der Waals surface area contributed by atoms with Crippen LogP contribution in [-0.4, -0.2) is 10.2 Å². The van der Waals surface area contributed by atoms with Crippen molar-refractivity contribution in [2.24, 2.45) is 0 Å². The second kappa shape index (κ2) is 4.56. The van der Waals surface area contributed by atoms with Gasteiger partial charge in [0, 0.05) is 10.0 Å². The van der Waals surface area contributed by atoms with Crippen LogP contribution < -0.4 is 0 Å². The quantitative estimate of drug-likeness (QED) is 0.826. The summed E-state index contributed by atoms with van der Waals surface area (Å²) in [5.74, 6) is 0.418. The molecule has 0 atom stereocenters. The molecule has 1 heterocycles. The summed E-state index contributed by atoms with van der Waals surface area (Å²) in [5, 5.41) is 7.65. The SMILES string of the molecule is ClCc1cc(-c2ccc(Br)cc2Cl)n[nH]1. The predicted octanol–water partition coefficient (Wildman–Crippen LogP) is 4.23. The minimum Gasteiger partial charge on any atom is -0.281 e. The van der Waals surface area contributed by atoms with E-state index < -0.39 is 0 Å². The van der Waals surface area contributed by atoms with Crippen LogP contribution in [0.5, 0.6) is 0 Å². The number of hydrogen-bond donors (Lipinski definition) is 1. The summed E-state index contributed by atoms with van der Waals surface area (Å²) in [7, 11) is 0. The fourth-order valence-corrected chi connectivity index (χ4v) is 2.17. The summed E-state index contributed by atoms with van der Waals surface area (Å²) in [6.45, 7) is 0. The lowest BCUT2D eigenvalue weighted by atomic mass is 10.1. The highest BCUT2D eigenvalue weighted by Gasteiger charge is 2.07. The zero-order chi connectivity index (χ0) is 10.8. The van der Waals surface area contributed by atoms with Gasteiger partial charge in [0.2, 0.25) is 0 Å². The smallest absolute Gasteiger partial charge is 0.0938 e. The monoisotopic (exact) mass is 304 g/mol. The maximum Gasteiger partial charge on any atom is 0.0938 e. The van der Waals surface area contributed by atoms with Crippen molar-refractivity contribution in [3.8, 4) is 11.3 Å². The maximum atomic E-state index is 6.10. The summed E-state index contributed by atoms with van der Waals surface area (Å²) in [6.07, 6.45) is 0. The van der Waals surface area contributed by atoms with Gasteiger partial charge >= 0.3 is 0 Å². The zero-order valence-electron chi connectivity index (χ0n) is 7.60. The number of halogens is 3. The van der Waals surface area contributed by atoms with Gasteiger partial charge in [0.05, 0.1) is 22.3 Å². The highest BCUT2D eigenvalue weighted by atomic mass is 79.9. The van der Waals surface area contributed by atoms with Crippen LogP contribution in [0.3, 0.4) is 0 Å². The Morgan fingerprint density at radius 3 is 2.73 bits per heavy atom. The molecular weight excluding hydrogens is 299 g/mol. The number of aromatic nitrogens is 2. The van der Waals surface area contributed by atoms with Gasteiger partial charge in [-0.2, -0.15) is 5.10 Å². The molecule has 0 bridgehead atoms. The summed E-state index contributed by atoms with van der Waals surface area (Å²) < 4.78 is 0.948. The van der Waals surface area contributed by atoms with Gasteiger partial charge in [0.15, 0.2) is 0 Å². The molecule has 0 aliphatic carbocycles. The van der Waals surface area contributed by atoms with Crippen molar-refractivity contribution >= 4 is 39.1 Å². The Morgan fingerprint density at radius 1 is 1.33 bits per heavy atom. The summed E-state index contributed by atoms with van der Waals surface area (Å²) in [4.78, 5) is 0. The average Bonchev–Trinajstić information content (AvgIpc) is 2.66. The molecule has 0 aliphatic heterocycles. The van der Waals surface area contributed by atoms with Crippen LogP contribution in [0.2, 0.25) is 5.02 Å². The van der Waals surface area contributed by atoms with Gasteiger partial charge in [-0.25, -0.2) is 0 Å². The molecule has 2 rings (SSSR count). The van der Waals surface area contributed by atoms with Crippen LogP contribution in [0, 0.1) is 0 Å². The third kappa shape index (κ3) is 2.36. The van der Waals surface area contributed by atoms with Crippen molar-refractivity contribution in [3.05, 3.63) is 39.5 Å². The molecule has 15 heavy (non-hydrogen) atoms. The van der Waals surface area contributed by atoms with E-state index in [9.17, 15) is 0 Å². The zero-order valence-corrected chi connectivity index (χ0v) is 10.7. The normalized spacial score (nSPS) is 10.6. The molecule has 5 heteroatoms. The standard InChI is InChI=1S/C10H7BrCl2N2/c11-6-1-2-8(9(13)3-6)10-4-7(5-12)14-15-10/h1-4H,5H2,(H,14,15). The fourth-order valence-electron chi connectivity index (χ4n) is 1.27. The molecule has 0 radical (unpaired) electrons. The second-order valence-electron chi connectivity index (χ2n) is 3.04. The number of H-pyrrole nitrogens is 1. The molecule has 1 aromatic carbocycles. The molecule has 1 N–H and O–H groups in total. The van der Waals surface area contributed by atoms with Crippen LogP contribution >= 0.6 is 39.1 Å². The van der Waals surface area contributed by atoms with E-state index in [4.69, 9.17) is 23.2 Å². The highest BCUT2D eigenvalue weighted by molar-refractivity contribution is 9.10. The molecular formula is C10H7BrCl2N2. The van der Waals surface area contributed by atoms with E-state index in [0.29, 0.717) is 10.9 Å². The third-order valence-electron chi connectivity index (χ3n) is 1.98. The topological polar surface area (TPSA) is 28.7 Å². The van der Waals surface area contributed by atoms with E-state index in [1.807, 2.05) is 24.3 Å². The van der Waals surface area contributed by atoms with Gasteiger partial charge in [-0.1, -0.05) is 33.6 Å². The molecule has 0 spiro atoms. The van der Waals surface area contributed by atoms with E-state index in [0.717, 1.165) is 21.4 Å². The molecule has 0 saturated carbocycles. The molecule has 78 valence electrons. The van der Waals surface area contributed by atoms with E-state index in [-0.39, 0.29) is 0 Å². The van der Waals surface area contributed by atoms with Crippen molar-refractivity contribution in [2.45, 2.75) is 5.88 Å². The number of rotatable bonds is 2. The number of nitrogens with one attached hydrogen (secondary N) is 1. The number of aromatic amines is 1. The van der Waals surface area contributed by atoms with Crippen molar-refractivity contribution in [1.82, 2.24) is 10.2 Å². The Bertz CT molecular complexity index is 482. The minimum absolute atomic E-state index is 0.418. The lowest BCUT2D eigenvalue weighted by Crippen LogP contribution is -1.79. The van der Waals surface area contributed by atoms with Crippen LogP contribution in [0.25, 0.3) is 11.3 Å². The van der Waals surface area contributed by atoms with Crippen molar-refractivity contribution in [3.63, 3.8) is 0 Å². The van der Waals surface area contributed by atoms with Crippen molar-refractivity contribution in [2.75, 3.05) is 0 Å². The molecule has 2 nitrogen and oxygen atoms in total. The summed E-state index contributed by atoms with van der Waals surface area (Å²) in [6, 6.07) is 7.57. The van der Waals surface area contributed by atoms with Crippen LogP contribution in [0.15, 0.2) is 28.7 Å². The lowest BCUT2D eigenvalue weighted by molar-refractivity contribution is 1.04. The first kappa shape index (κ1) is 11.0. The average molecular weight is 306 g/mol. The molecule has 0 saturated heterocycles. The van der Waals surface area contributed by atoms with E-state index in [2.05, 4.69) is 26.1 Å². The van der Waals surface area contributed by atoms with Gasteiger partial charge in [-0.3, -0.25) is 5.10 Å². The lowest BCUT2D eigenvalue weighted by Gasteiger charge is -2.00. The Hall–Kier alpha value is -0.510. The van der Waals surface area contributed by atoms with Gasteiger partial charge in [-0.15, -0.1) is 11.6 Å². The molecule has 0 unspecified atom stereocenters. The van der Waals surface area contributed by atoms with Gasteiger partial charge < -0.3 is 0 Å². The summed E-state index contributed by atoms with van der Waals surface area (Å²) >= 11 is 15.1. The number of benzene rings is 1. The first-order chi connectivity index (χ1) is 7.20.